The highest BCUT2D eigenvalue weighted by Gasteiger charge is 2.22. The van der Waals surface area contributed by atoms with Gasteiger partial charge in [-0.25, -0.2) is 15.0 Å². The summed E-state index contributed by atoms with van der Waals surface area (Å²) in [4.78, 5) is 30.9. The molecule has 0 saturated carbocycles. The molecule has 0 aliphatic carbocycles. The van der Waals surface area contributed by atoms with Crippen LogP contribution in [0.4, 0.5) is 5.82 Å². The summed E-state index contributed by atoms with van der Waals surface area (Å²) in [5.41, 5.74) is 2.05. The van der Waals surface area contributed by atoms with Crippen LogP contribution in [0.15, 0.2) is 30.3 Å². The van der Waals surface area contributed by atoms with E-state index in [9.17, 15) is 4.79 Å². The molecule has 1 aromatic carbocycles. The first-order valence-electron chi connectivity index (χ1n) is 10.7. The second-order valence-electron chi connectivity index (χ2n) is 8.18. The van der Waals surface area contributed by atoms with Crippen molar-refractivity contribution in [2.24, 2.45) is 0 Å². The van der Waals surface area contributed by atoms with Crippen LogP contribution in [0.3, 0.4) is 0 Å². The van der Waals surface area contributed by atoms with Gasteiger partial charge in [-0.05, 0) is 31.9 Å². The van der Waals surface area contributed by atoms with Crippen molar-refractivity contribution >= 4 is 33.3 Å². The molecule has 0 radical (unpaired) electrons. The molecule has 30 heavy (non-hydrogen) atoms. The molecule has 3 heterocycles. The molecule has 1 fully saturated rings. The van der Waals surface area contributed by atoms with Crippen molar-refractivity contribution < 1.29 is 4.79 Å². The summed E-state index contributed by atoms with van der Waals surface area (Å²) < 4.78 is 1.22. The molecule has 0 unspecified atom stereocenters. The Morgan fingerprint density at radius 1 is 1.10 bits per heavy atom. The van der Waals surface area contributed by atoms with Crippen molar-refractivity contribution in [3.05, 3.63) is 46.9 Å². The number of para-hydroxylation sites is 1. The number of nitrogens with zero attached hydrogens (tertiary/aromatic N) is 5. The minimum atomic E-state index is 0.248. The molecule has 1 amide bonds. The number of aromatic nitrogens is 3. The number of thiazole rings is 1. The van der Waals surface area contributed by atoms with Gasteiger partial charge >= 0.3 is 0 Å². The fraction of sp³-hybridized carbons (Fsp3) is 0.478. The summed E-state index contributed by atoms with van der Waals surface area (Å²) in [7, 11) is 0. The van der Waals surface area contributed by atoms with E-state index in [1.807, 2.05) is 36.1 Å². The molecule has 1 aliphatic heterocycles. The second-order valence-corrected chi connectivity index (χ2v) is 9.29. The highest BCUT2D eigenvalue weighted by molar-refractivity contribution is 7.18. The lowest BCUT2D eigenvalue weighted by molar-refractivity contribution is -0.131. The van der Waals surface area contributed by atoms with Crippen LogP contribution in [0, 0.1) is 6.92 Å². The van der Waals surface area contributed by atoms with Crippen LogP contribution in [-0.2, 0) is 11.2 Å². The molecule has 4 rings (SSSR count). The van der Waals surface area contributed by atoms with Crippen LogP contribution < -0.4 is 4.90 Å². The lowest BCUT2D eigenvalue weighted by Crippen LogP contribution is -2.49. The van der Waals surface area contributed by atoms with Crippen molar-refractivity contribution in [3.8, 4) is 0 Å². The predicted molar refractivity (Wildman–Crippen MR) is 122 cm³/mol. The van der Waals surface area contributed by atoms with Crippen LogP contribution in [0.1, 0.15) is 49.1 Å². The SMILES string of the molecule is Cc1cc(N2CCN(C(=O)CCCc3nc4ccccc4s3)CC2)nc(C(C)C)n1. The van der Waals surface area contributed by atoms with Gasteiger partial charge in [0.25, 0.3) is 0 Å². The summed E-state index contributed by atoms with van der Waals surface area (Å²) in [5, 5.41) is 1.12. The quantitative estimate of drug-likeness (QED) is 0.595. The van der Waals surface area contributed by atoms with Crippen LogP contribution in [0.25, 0.3) is 10.2 Å². The number of carbonyl (C=O) groups excluding carboxylic acids is 1. The van der Waals surface area contributed by atoms with Gasteiger partial charge in [-0.2, -0.15) is 0 Å². The average molecular weight is 424 g/mol. The molecule has 0 spiro atoms. The molecule has 7 heteroatoms. The Balaban J connectivity index is 1.27. The number of piperazine rings is 1. The largest absolute Gasteiger partial charge is 0.353 e. The smallest absolute Gasteiger partial charge is 0.222 e. The van der Waals surface area contributed by atoms with Gasteiger partial charge in [-0.3, -0.25) is 4.79 Å². The topological polar surface area (TPSA) is 62.2 Å². The number of anilines is 1. The first-order valence-corrected chi connectivity index (χ1v) is 11.5. The van der Waals surface area contributed by atoms with E-state index in [1.165, 1.54) is 4.70 Å². The molecule has 0 atom stereocenters. The molecule has 1 aliphatic rings. The molecular formula is C23H29N5OS. The number of benzene rings is 1. The van der Waals surface area contributed by atoms with Crippen molar-refractivity contribution in [2.45, 2.75) is 46.0 Å². The summed E-state index contributed by atoms with van der Waals surface area (Å²) in [6.45, 7) is 9.38. The van der Waals surface area contributed by atoms with Crippen molar-refractivity contribution in [3.63, 3.8) is 0 Å². The van der Waals surface area contributed by atoms with Gasteiger partial charge in [0, 0.05) is 50.3 Å². The Kier molecular flexibility index (Phi) is 6.27. The summed E-state index contributed by atoms with van der Waals surface area (Å²) in [5.74, 6) is 2.42. The predicted octanol–water partition coefficient (Wildman–Crippen LogP) is 4.19. The number of fused-ring (bicyclic) bond motifs is 1. The van der Waals surface area contributed by atoms with Gasteiger partial charge in [0.05, 0.1) is 15.2 Å². The van der Waals surface area contributed by atoms with Gasteiger partial charge in [-0.1, -0.05) is 26.0 Å². The zero-order valence-corrected chi connectivity index (χ0v) is 18.8. The van der Waals surface area contributed by atoms with Crippen LogP contribution >= 0.6 is 11.3 Å². The Bertz CT molecular complexity index is 990. The maximum Gasteiger partial charge on any atom is 0.222 e. The highest BCUT2D eigenvalue weighted by atomic mass is 32.1. The standard InChI is InChI=1S/C23H29N5OS/c1-16(2)23-24-17(3)15-20(26-23)27-11-13-28(14-12-27)22(29)10-6-9-21-25-18-7-4-5-8-19(18)30-21/h4-5,7-8,15-16H,6,9-14H2,1-3H3. The molecule has 1 saturated heterocycles. The van der Waals surface area contributed by atoms with Gasteiger partial charge in [-0.15, -0.1) is 11.3 Å². The summed E-state index contributed by atoms with van der Waals surface area (Å²) in [6, 6.07) is 10.2. The number of aryl methyl sites for hydroxylation is 2. The summed E-state index contributed by atoms with van der Waals surface area (Å²) >= 11 is 1.73. The molecular weight excluding hydrogens is 394 g/mol. The van der Waals surface area contributed by atoms with Crippen molar-refractivity contribution in [1.82, 2.24) is 19.9 Å². The molecule has 158 valence electrons. The zero-order valence-electron chi connectivity index (χ0n) is 18.0. The molecule has 0 bridgehead atoms. The van der Waals surface area contributed by atoms with Gasteiger partial charge in [0.1, 0.15) is 11.6 Å². The van der Waals surface area contributed by atoms with Crippen molar-refractivity contribution in [2.75, 3.05) is 31.1 Å². The minimum absolute atomic E-state index is 0.248. The average Bonchev–Trinajstić information content (AvgIpc) is 3.16. The van der Waals surface area contributed by atoms with Gasteiger partial charge < -0.3 is 9.80 Å². The molecule has 3 aromatic rings. The first-order chi connectivity index (χ1) is 14.5. The van der Waals surface area contributed by atoms with E-state index in [2.05, 4.69) is 34.8 Å². The number of rotatable bonds is 6. The summed E-state index contributed by atoms with van der Waals surface area (Å²) in [6.07, 6.45) is 2.30. The normalized spacial score (nSPS) is 14.7. The third-order valence-corrected chi connectivity index (χ3v) is 6.55. The maximum absolute atomic E-state index is 12.7. The van der Waals surface area contributed by atoms with E-state index in [-0.39, 0.29) is 5.91 Å². The minimum Gasteiger partial charge on any atom is -0.353 e. The Morgan fingerprint density at radius 2 is 1.87 bits per heavy atom. The van der Waals surface area contributed by atoms with Crippen molar-refractivity contribution in [1.29, 1.82) is 0 Å². The van der Waals surface area contributed by atoms with E-state index >= 15 is 0 Å². The molecule has 6 nitrogen and oxygen atoms in total. The van der Waals surface area contributed by atoms with E-state index in [1.54, 1.807) is 11.3 Å². The van der Waals surface area contributed by atoms with Crippen LogP contribution in [0.5, 0.6) is 0 Å². The van der Waals surface area contributed by atoms with Gasteiger partial charge in [0.15, 0.2) is 0 Å². The monoisotopic (exact) mass is 423 g/mol. The lowest BCUT2D eigenvalue weighted by atomic mass is 10.2. The Hall–Kier alpha value is -2.54. The molecule has 2 aromatic heterocycles. The third kappa shape index (κ3) is 4.78. The molecule has 0 N–H and O–H groups in total. The highest BCUT2D eigenvalue weighted by Crippen LogP contribution is 2.23. The van der Waals surface area contributed by atoms with E-state index in [0.717, 1.165) is 66.9 Å². The number of carbonyl (C=O) groups is 1. The second kappa shape index (κ2) is 9.08. The fourth-order valence-corrected chi connectivity index (χ4v) is 4.76. The van der Waals surface area contributed by atoms with E-state index in [0.29, 0.717) is 12.3 Å². The lowest BCUT2D eigenvalue weighted by Gasteiger charge is -2.35. The maximum atomic E-state index is 12.7. The zero-order chi connectivity index (χ0) is 21.1. The van der Waals surface area contributed by atoms with Crippen LogP contribution in [-0.4, -0.2) is 51.9 Å². The third-order valence-electron chi connectivity index (χ3n) is 5.45. The Labute approximate surface area is 182 Å². The van der Waals surface area contributed by atoms with Crippen LogP contribution in [0.2, 0.25) is 0 Å². The van der Waals surface area contributed by atoms with E-state index in [4.69, 9.17) is 4.98 Å². The Morgan fingerprint density at radius 3 is 2.60 bits per heavy atom. The number of hydrogen-bond acceptors (Lipinski definition) is 6. The van der Waals surface area contributed by atoms with E-state index < -0.39 is 0 Å². The number of hydrogen-bond donors (Lipinski definition) is 0. The fourth-order valence-electron chi connectivity index (χ4n) is 3.76. The first kappa shape index (κ1) is 20.7. The van der Waals surface area contributed by atoms with Gasteiger partial charge in [0.2, 0.25) is 5.91 Å². The number of amides is 1.